The van der Waals surface area contributed by atoms with Crippen molar-refractivity contribution in [2.24, 2.45) is 5.14 Å². The number of carbonyl (C=O) groups excluding carboxylic acids is 1. The van der Waals surface area contributed by atoms with Crippen LogP contribution in [0.1, 0.15) is 11.1 Å². The predicted octanol–water partition coefficient (Wildman–Crippen LogP) is 0.519. The molecule has 0 aromatic heterocycles. The minimum absolute atomic E-state index is 0.00468. The molecule has 3 N–H and O–H groups in total. The lowest BCUT2D eigenvalue weighted by Gasteiger charge is -2.09. The number of amides is 1. The normalized spacial score (nSPS) is 11.1. The van der Waals surface area contributed by atoms with Crippen molar-refractivity contribution in [1.29, 1.82) is 0 Å². The van der Waals surface area contributed by atoms with E-state index in [0.717, 1.165) is 11.1 Å². The first kappa shape index (κ1) is 11.7. The maximum atomic E-state index is 11.1. The van der Waals surface area contributed by atoms with Gasteiger partial charge in [-0.25, -0.2) is 13.6 Å². The van der Waals surface area contributed by atoms with E-state index in [1.165, 1.54) is 12.1 Å². The molecule has 6 heteroatoms. The van der Waals surface area contributed by atoms with E-state index >= 15 is 0 Å². The van der Waals surface area contributed by atoms with Crippen molar-refractivity contribution >= 4 is 22.1 Å². The van der Waals surface area contributed by atoms with Gasteiger partial charge >= 0.3 is 0 Å². The van der Waals surface area contributed by atoms with Crippen molar-refractivity contribution in [2.75, 3.05) is 5.32 Å². The van der Waals surface area contributed by atoms with Gasteiger partial charge in [0.2, 0.25) is 16.4 Å². The van der Waals surface area contributed by atoms with Gasteiger partial charge in [0.25, 0.3) is 0 Å². The summed E-state index contributed by atoms with van der Waals surface area (Å²) in [6.45, 7) is 3.54. The maximum absolute atomic E-state index is 11.1. The number of anilines is 1. The zero-order chi connectivity index (χ0) is 11.6. The first-order valence-corrected chi connectivity index (χ1v) is 5.75. The monoisotopic (exact) mass is 228 g/mol. The summed E-state index contributed by atoms with van der Waals surface area (Å²) in [6, 6.07) is 2.81. The summed E-state index contributed by atoms with van der Waals surface area (Å²) in [6.07, 6.45) is 0.495. The van der Waals surface area contributed by atoms with Gasteiger partial charge in [0.1, 0.15) is 0 Å². The number of rotatable bonds is 3. The number of hydrogen-bond donors (Lipinski definition) is 2. The number of aryl methyl sites for hydroxylation is 1. The minimum Gasteiger partial charge on any atom is -0.328 e. The fourth-order valence-electron chi connectivity index (χ4n) is 1.20. The fourth-order valence-corrected chi connectivity index (χ4v) is 1.83. The van der Waals surface area contributed by atoms with Crippen LogP contribution in [0.2, 0.25) is 0 Å². The molecule has 0 unspecified atom stereocenters. The molecular formula is C9H12N2O3S. The largest absolute Gasteiger partial charge is 0.328 e. The van der Waals surface area contributed by atoms with Crippen molar-refractivity contribution in [1.82, 2.24) is 0 Å². The van der Waals surface area contributed by atoms with Crippen LogP contribution in [0.25, 0.3) is 0 Å². The van der Waals surface area contributed by atoms with Gasteiger partial charge in [0, 0.05) is 5.69 Å². The fraction of sp³-hybridized carbons (Fsp3) is 0.222. The molecule has 0 saturated carbocycles. The van der Waals surface area contributed by atoms with Gasteiger partial charge in [0.05, 0.1) is 4.90 Å². The van der Waals surface area contributed by atoms with Gasteiger partial charge in [-0.05, 0) is 37.1 Å². The molecule has 0 saturated heterocycles. The second-order valence-corrected chi connectivity index (χ2v) is 4.78. The van der Waals surface area contributed by atoms with E-state index in [-0.39, 0.29) is 4.90 Å². The smallest absolute Gasteiger partial charge is 0.238 e. The molecule has 0 spiro atoms. The van der Waals surface area contributed by atoms with Crippen LogP contribution in [0.15, 0.2) is 17.0 Å². The molecule has 0 aliphatic carbocycles. The highest BCUT2D eigenvalue weighted by molar-refractivity contribution is 7.89. The maximum Gasteiger partial charge on any atom is 0.238 e. The lowest BCUT2D eigenvalue weighted by molar-refractivity contribution is -0.105. The molecule has 0 aliphatic rings. The van der Waals surface area contributed by atoms with Gasteiger partial charge in [-0.2, -0.15) is 0 Å². The second-order valence-electron chi connectivity index (χ2n) is 3.22. The first-order valence-electron chi connectivity index (χ1n) is 4.20. The summed E-state index contributed by atoms with van der Waals surface area (Å²) in [5, 5.41) is 7.43. The van der Waals surface area contributed by atoms with Gasteiger partial charge in [-0.15, -0.1) is 0 Å². The number of sulfonamides is 1. The number of carbonyl (C=O) groups is 1. The number of nitrogens with two attached hydrogens (primary N) is 1. The van der Waals surface area contributed by atoms with Crippen LogP contribution >= 0.6 is 0 Å². The number of benzene rings is 1. The van der Waals surface area contributed by atoms with E-state index in [2.05, 4.69) is 5.32 Å². The summed E-state index contributed by atoms with van der Waals surface area (Å²) in [4.78, 5) is 10.3. The van der Waals surface area contributed by atoms with Crippen LogP contribution in [-0.2, 0) is 14.8 Å². The molecule has 0 radical (unpaired) electrons. The Labute approximate surface area is 88.3 Å². The second kappa shape index (κ2) is 4.00. The Balaban J connectivity index is 3.42. The Hall–Kier alpha value is -1.40. The molecule has 15 heavy (non-hydrogen) atoms. The van der Waals surface area contributed by atoms with Crippen LogP contribution in [0, 0.1) is 13.8 Å². The van der Waals surface area contributed by atoms with E-state index in [1.807, 2.05) is 0 Å². The van der Waals surface area contributed by atoms with Gasteiger partial charge < -0.3 is 5.32 Å². The molecule has 1 aromatic carbocycles. The molecule has 82 valence electrons. The zero-order valence-electron chi connectivity index (χ0n) is 8.44. The third kappa shape index (κ3) is 2.54. The van der Waals surface area contributed by atoms with E-state index < -0.39 is 10.0 Å². The molecule has 1 rings (SSSR count). The molecule has 0 bridgehead atoms. The molecule has 1 amide bonds. The standard InChI is InChI=1S/C9H12N2O3S/c1-6-3-8(15(10,13)14)4-9(7(6)2)11-5-12/h3-5H,1-2H3,(H,11,12)(H2,10,13,14). The predicted molar refractivity (Wildman–Crippen MR) is 57.0 cm³/mol. The molecule has 5 nitrogen and oxygen atoms in total. The lowest BCUT2D eigenvalue weighted by Crippen LogP contribution is -2.13. The zero-order valence-corrected chi connectivity index (χ0v) is 9.26. The number of nitrogens with one attached hydrogen (secondary N) is 1. The van der Waals surface area contributed by atoms with Crippen molar-refractivity contribution in [2.45, 2.75) is 18.7 Å². The molecule has 0 heterocycles. The Bertz CT molecular complexity index is 494. The van der Waals surface area contributed by atoms with Crippen molar-refractivity contribution in [3.05, 3.63) is 23.3 Å². The summed E-state index contributed by atoms with van der Waals surface area (Å²) in [5.74, 6) is 0. The van der Waals surface area contributed by atoms with Crippen molar-refractivity contribution < 1.29 is 13.2 Å². The SMILES string of the molecule is Cc1cc(S(N)(=O)=O)cc(NC=O)c1C. The third-order valence-electron chi connectivity index (χ3n) is 2.18. The average molecular weight is 228 g/mol. The molecule has 1 aromatic rings. The van der Waals surface area contributed by atoms with Gasteiger partial charge in [-0.3, -0.25) is 4.79 Å². The highest BCUT2D eigenvalue weighted by atomic mass is 32.2. The average Bonchev–Trinajstić information content (AvgIpc) is 2.11. The van der Waals surface area contributed by atoms with Crippen LogP contribution in [0.3, 0.4) is 0 Å². The topological polar surface area (TPSA) is 89.3 Å². The molecular weight excluding hydrogens is 216 g/mol. The van der Waals surface area contributed by atoms with Crippen molar-refractivity contribution in [3.63, 3.8) is 0 Å². The summed E-state index contributed by atoms with van der Waals surface area (Å²) >= 11 is 0. The van der Waals surface area contributed by atoms with E-state index in [4.69, 9.17) is 5.14 Å². The van der Waals surface area contributed by atoms with Gasteiger partial charge in [-0.1, -0.05) is 0 Å². The molecule has 0 aliphatic heterocycles. The third-order valence-corrected chi connectivity index (χ3v) is 3.08. The van der Waals surface area contributed by atoms with E-state index in [1.54, 1.807) is 13.8 Å². The Morgan fingerprint density at radius 2 is 1.93 bits per heavy atom. The minimum atomic E-state index is -3.74. The summed E-state index contributed by atoms with van der Waals surface area (Å²) < 4.78 is 22.2. The van der Waals surface area contributed by atoms with E-state index in [9.17, 15) is 13.2 Å². The summed E-state index contributed by atoms with van der Waals surface area (Å²) in [5.41, 5.74) is 2.02. The quantitative estimate of drug-likeness (QED) is 0.739. The highest BCUT2D eigenvalue weighted by Crippen LogP contribution is 2.22. The Morgan fingerprint density at radius 3 is 2.40 bits per heavy atom. The van der Waals surface area contributed by atoms with Crippen LogP contribution in [-0.4, -0.2) is 14.8 Å². The van der Waals surface area contributed by atoms with Crippen LogP contribution in [0.4, 0.5) is 5.69 Å². The highest BCUT2D eigenvalue weighted by Gasteiger charge is 2.11. The summed E-state index contributed by atoms with van der Waals surface area (Å²) in [7, 11) is -3.74. The van der Waals surface area contributed by atoms with E-state index in [0.29, 0.717) is 12.1 Å². The molecule has 0 fully saturated rings. The number of hydrogen-bond acceptors (Lipinski definition) is 3. The van der Waals surface area contributed by atoms with Crippen LogP contribution < -0.4 is 10.5 Å². The number of primary sulfonamides is 1. The Morgan fingerprint density at radius 1 is 1.33 bits per heavy atom. The first-order chi connectivity index (χ1) is 6.86. The lowest BCUT2D eigenvalue weighted by atomic mass is 10.1. The Kier molecular flexibility index (Phi) is 3.11. The van der Waals surface area contributed by atoms with Crippen molar-refractivity contribution in [3.8, 4) is 0 Å². The van der Waals surface area contributed by atoms with Crippen LogP contribution in [0.5, 0.6) is 0 Å². The van der Waals surface area contributed by atoms with Gasteiger partial charge in [0.15, 0.2) is 0 Å². The molecule has 0 atom stereocenters.